The van der Waals surface area contributed by atoms with Crippen molar-refractivity contribution in [3.8, 4) is 0 Å². The SMILES string of the molecule is O=C(O)/C=C/c1ccsc1CNC(=O)C1CCCCS1. The van der Waals surface area contributed by atoms with Crippen LogP contribution in [0, 0.1) is 0 Å². The quantitative estimate of drug-likeness (QED) is 0.821. The number of carboxylic acids is 1. The molecule has 0 spiro atoms. The van der Waals surface area contributed by atoms with Gasteiger partial charge in [-0.3, -0.25) is 4.79 Å². The third-order valence-electron chi connectivity index (χ3n) is 3.08. The summed E-state index contributed by atoms with van der Waals surface area (Å²) in [7, 11) is 0. The molecule has 1 atom stereocenters. The molecule has 1 aliphatic heterocycles. The summed E-state index contributed by atoms with van der Waals surface area (Å²) in [6.45, 7) is 0.465. The Morgan fingerprint density at radius 2 is 2.30 bits per heavy atom. The minimum atomic E-state index is -0.968. The molecule has 1 unspecified atom stereocenters. The summed E-state index contributed by atoms with van der Waals surface area (Å²) < 4.78 is 0. The first-order valence-corrected chi connectivity index (χ1v) is 8.46. The number of hydrogen-bond donors (Lipinski definition) is 2. The summed E-state index contributed by atoms with van der Waals surface area (Å²) in [4.78, 5) is 23.5. The lowest BCUT2D eigenvalue weighted by Gasteiger charge is -2.20. The van der Waals surface area contributed by atoms with Crippen LogP contribution in [0.3, 0.4) is 0 Å². The van der Waals surface area contributed by atoms with E-state index >= 15 is 0 Å². The molecule has 2 rings (SSSR count). The molecule has 0 saturated carbocycles. The molecule has 1 aromatic heterocycles. The molecular formula is C14H17NO3S2. The second-order valence-corrected chi connectivity index (χ2v) is 6.85. The van der Waals surface area contributed by atoms with Crippen LogP contribution in [0.5, 0.6) is 0 Å². The molecule has 0 bridgehead atoms. The topological polar surface area (TPSA) is 66.4 Å². The molecule has 0 aliphatic carbocycles. The first kappa shape index (κ1) is 15.1. The number of amides is 1. The van der Waals surface area contributed by atoms with Gasteiger partial charge < -0.3 is 10.4 Å². The molecule has 1 amide bonds. The van der Waals surface area contributed by atoms with Crippen LogP contribution in [0.1, 0.15) is 29.7 Å². The number of rotatable bonds is 5. The maximum atomic E-state index is 12.0. The van der Waals surface area contributed by atoms with Crippen molar-refractivity contribution in [3.63, 3.8) is 0 Å². The maximum absolute atomic E-state index is 12.0. The fourth-order valence-corrected chi connectivity index (χ4v) is 4.06. The van der Waals surface area contributed by atoms with Crippen LogP contribution >= 0.6 is 23.1 Å². The maximum Gasteiger partial charge on any atom is 0.328 e. The van der Waals surface area contributed by atoms with E-state index in [-0.39, 0.29) is 11.2 Å². The van der Waals surface area contributed by atoms with Gasteiger partial charge in [-0.1, -0.05) is 6.42 Å². The van der Waals surface area contributed by atoms with Gasteiger partial charge in [0, 0.05) is 11.0 Å². The highest BCUT2D eigenvalue weighted by molar-refractivity contribution is 8.00. The molecule has 108 valence electrons. The van der Waals surface area contributed by atoms with E-state index in [0.29, 0.717) is 6.54 Å². The van der Waals surface area contributed by atoms with Gasteiger partial charge in [0.25, 0.3) is 0 Å². The number of nitrogens with one attached hydrogen (secondary N) is 1. The second kappa shape index (κ2) is 7.50. The van der Waals surface area contributed by atoms with Crippen LogP contribution in [0.2, 0.25) is 0 Å². The van der Waals surface area contributed by atoms with Crippen LogP contribution in [0.25, 0.3) is 6.08 Å². The van der Waals surface area contributed by atoms with Gasteiger partial charge in [-0.2, -0.15) is 0 Å². The highest BCUT2D eigenvalue weighted by Crippen LogP contribution is 2.25. The minimum Gasteiger partial charge on any atom is -0.478 e. The van der Waals surface area contributed by atoms with E-state index in [1.54, 1.807) is 17.8 Å². The summed E-state index contributed by atoms with van der Waals surface area (Å²) in [6, 6.07) is 1.86. The lowest BCUT2D eigenvalue weighted by Crippen LogP contribution is -2.33. The standard InChI is InChI=1S/C14H17NO3S2/c16-13(17)5-4-10-6-8-20-12(10)9-15-14(18)11-3-1-2-7-19-11/h4-6,8,11H,1-3,7,9H2,(H,15,18)(H,16,17)/b5-4+. The number of carboxylic acid groups (broad SMARTS) is 1. The Kier molecular flexibility index (Phi) is 5.67. The normalized spacial score (nSPS) is 19.1. The highest BCUT2D eigenvalue weighted by Gasteiger charge is 2.21. The smallest absolute Gasteiger partial charge is 0.328 e. The molecule has 2 N–H and O–H groups in total. The van der Waals surface area contributed by atoms with Crippen LogP contribution < -0.4 is 5.32 Å². The van der Waals surface area contributed by atoms with Gasteiger partial charge in [0.1, 0.15) is 0 Å². The molecule has 0 radical (unpaired) electrons. The zero-order chi connectivity index (χ0) is 14.4. The van der Waals surface area contributed by atoms with Crippen LogP contribution in [-0.4, -0.2) is 28.0 Å². The molecule has 6 heteroatoms. The van der Waals surface area contributed by atoms with E-state index in [4.69, 9.17) is 5.11 Å². The van der Waals surface area contributed by atoms with Gasteiger partial charge in [0.15, 0.2) is 0 Å². The lowest BCUT2D eigenvalue weighted by molar-refractivity contribution is -0.131. The van der Waals surface area contributed by atoms with Gasteiger partial charge >= 0.3 is 5.97 Å². The summed E-state index contributed by atoms with van der Waals surface area (Å²) in [5.41, 5.74) is 0.856. The number of hydrogen-bond acceptors (Lipinski definition) is 4. The molecule has 2 heterocycles. The Morgan fingerprint density at radius 3 is 3.00 bits per heavy atom. The van der Waals surface area contributed by atoms with E-state index in [9.17, 15) is 9.59 Å². The van der Waals surface area contributed by atoms with E-state index in [2.05, 4.69) is 5.32 Å². The molecule has 4 nitrogen and oxygen atoms in total. The number of thiophene rings is 1. The van der Waals surface area contributed by atoms with Crippen molar-refractivity contribution < 1.29 is 14.7 Å². The van der Waals surface area contributed by atoms with Gasteiger partial charge in [0.05, 0.1) is 11.8 Å². The Hall–Kier alpha value is -1.27. The Balaban J connectivity index is 1.89. The highest BCUT2D eigenvalue weighted by atomic mass is 32.2. The first-order valence-electron chi connectivity index (χ1n) is 6.53. The number of carbonyl (C=O) groups is 2. The van der Waals surface area contributed by atoms with Crippen LogP contribution in [-0.2, 0) is 16.1 Å². The predicted molar refractivity (Wildman–Crippen MR) is 82.9 cm³/mol. The molecule has 1 aromatic rings. The van der Waals surface area contributed by atoms with Crippen molar-refractivity contribution in [3.05, 3.63) is 28.0 Å². The second-order valence-electron chi connectivity index (χ2n) is 4.54. The van der Waals surface area contributed by atoms with Crippen LogP contribution in [0.15, 0.2) is 17.5 Å². The minimum absolute atomic E-state index is 0.0710. The van der Waals surface area contributed by atoms with Crippen molar-refractivity contribution in [2.45, 2.75) is 31.1 Å². The molecule has 20 heavy (non-hydrogen) atoms. The number of thioether (sulfide) groups is 1. The van der Waals surface area contributed by atoms with Crippen molar-refractivity contribution in [2.75, 3.05) is 5.75 Å². The van der Waals surface area contributed by atoms with Gasteiger partial charge in [-0.25, -0.2) is 4.79 Å². The van der Waals surface area contributed by atoms with E-state index in [1.165, 1.54) is 17.8 Å². The van der Waals surface area contributed by atoms with Gasteiger partial charge in [0.2, 0.25) is 5.91 Å². The molecule has 1 fully saturated rings. The lowest BCUT2D eigenvalue weighted by atomic mass is 10.2. The number of carbonyl (C=O) groups excluding carboxylic acids is 1. The van der Waals surface area contributed by atoms with Crippen molar-refractivity contribution in [2.24, 2.45) is 0 Å². The average molecular weight is 311 g/mol. The fourth-order valence-electron chi connectivity index (χ4n) is 2.03. The number of aliphatic carboxylic acids is 1. The summed E-state index contributed by atoms with van der Waals surface area (Å²) in [5.74, 6) is 0.185. The Bertz CT molecular complexity index is 504. The van der Waals surface area contributed by atoms with E-state index < -0.39 is 5.97 Å². The third kappa shape index (κ3) is 4.38. The van der Waals surface area contributed by atoms with E-state index in [0.717, 1.165) is 35.1 Å². The molecule has 1 saturated heterocycles. The molecule has 0 aromatic carbocycles. The van der Waals surface area contributed by atoms with E-state index in [1.807, 2.05) is 11.4 Å². The summed E-state index contributed by atoms with van der Waals surface area (Å²) in [6.07, 6.45) is 5.95. The van der Waals surface area contributed by atoms with Crippen molar-refractivity contribution in [1.82, 2.24) is 5.32 Å². The van der Waals surface area contributed by atoms with Gasteiger partial charge in [-0.15, -0.1) is 23.1 Å². The first-order chi connectivity index (χ1) is 9.66. The average Bonchev–Trinajstić information content (AvgIpc) is 2.91. The largest absolute Gasteiger partial charge is 0.478 e. The predicted octanol–water partition coefficient (Wildman–Crippen LogP) is 2.75. The zero-order valence-corrected chi connectivity index (χ0v) is 12.6. The Labute approximate surface area is 126 Å². The Morgan fingerprint density at radius 1 is 1.45 bits per heavy atom. The monoisotopic (exact) mass is 311 g/mol. The summed E-state index contributed by atoms with van der Waals surface area (Å²) in [5, 5.41) is 13.6. The van der Waals surface area contributed by atoms with Gasteiger partial charge in [-0.05, 0) is 41.7 Å². The summed E-state index contributed by atoms with van der Waals surface area (Å²) >= 11 is 3.25. The fraction of sp³-hybridized carbons (Fsp3) is 0.429. The molecular weight excluding hydrogens is 294 g/mol. The molecule has 1 aliphatic rings. The zero-order valence-electron chi connectivity index (χ0n) is 11.0. The van der Waals surface area contributed by atoms with Crippen LogP contribution in [0.4, 0.5) is 0 Å². The van der Waals surface area contributed by atoms with Crippen molar-refractivity contribution >= 4 is 41.1 Å². The van der Waals surface area contributed by atoms with Crippen molar-refractivity contribution in [1.29, 1.82) is 0 Å². The third-order valence-corrected chi connectivity index (χ3v) is 5.39.